The van der Waals surface area contributed by atoms with E-state index in [-0.39, 0.29) is 24.2 Å². The average Bonchev–Trinajstić information content (AvgIpc) is 3.09. The fourth-order valence-corrected chi connectivity index (χ4v) is 3.39. The molecule has 0 unspecified atom stereocenters. The van der Waals surface area contributed by atoms with Gasteiger partial charge < -0.3 is 15.0 Å². The van der Waals surface area contributed by atoms with E-state index in [2.05, 4.69) is 19.2 Å². The van der Waals surface area contributed by atoms with E-state index in [4.69, 9.17) is 4.74 Å². The molecule has 5 nitrogen and oxygen atoms in total. The summed E-state index contributed by atoms with van der Waals surface area (Å²) in [4.78, 5) is 26.9. The van der Waals surface area contributed by atoms with Gasteiger partial charge in [0.15, 0.2) is 0 Å². The number of anilines is 2. The summed E-state index contributed by atoms with van der Waals surface area (Å²) in [6.07, 6.45) is 1.23. The molecule has 0 saturated carbocycles. The van der Waals surface area contributed by atoms with Crippen molar-refractivity contribution >= 4 is 23.2 Å². The lowest BCUT2D eigenvalue weighted by atomic mass is 9.96. The minimum absolute atomic E-state index is 0.0319. The molecule has 1 N–H and O–H groups in total. The number of nitrogens with zero attached hydrogens (tertiary/aromatic N) is 1. The highest BCUT2D eigenvalue weighted by Crippen LogP contribution is 2.30. The highest BCUT2D eigenvalue weighted by atomic mass is 16.5. The number of rotatable bonds is 6. The van der Waals surface area contributed by atoms with E-state index < -0.39 is 0 Å². The van der Waals surface area contributed by atoms with Gasteiger partial charge in [-0.15, -0.1) is 0 Å². The fourth-order valence-electron chi connectivity index (χ4n) is 3.39. The largest absolute Gasteiger partial charge is 0.497 e. The number of hydrogen-bond acceptors (Lipinski definition) is 3. The lowest BCUT2D eigenvalue weighted by Crippen LogP contribution is -2.28. The second-order valence-corrected chi connectivity index (χ2v) is 6.99. The molecule has 3 rings (SSSR count). The molecule has 142 valence electrons. The van der Waals surface area contributed by atoms with Crippen LogP contribution < -0.4 is 15.0 Å². The predicted molar refractivity (Wildman–Crippen MR) is 107 cm³/mol. The number of amides is 2. The van der Waals surface area contributed by atoms with E-state index in [0.29, 0.717) is 12.5 Å². The molecule has 5 heteroatoms. The van der Waals surface area contributed by atoms with Crippen LogP contribution in [-0.4, -0.2) is 25.5 Å². The van der Waals surface area contributed by atoms with Crippen molar-refractivity contribution in [1.82, 2.24) is 0 Å². The maximum absolute atomic E-state index is 12.8. The Morgan fingerprint density at radius 1 is 1.22 bits per heavy atom. The van der Waals surface area contributed by atoms with Crippen molar-refractivity contribution in [3.63, 3.8) is 0 Å². The van der Waals surface area contributed by atoms with Gasteiger partial charge in [0.2, 0.25) is 11.8 Å². The van der Waals surface area contributed by atoms with Crippen molar-refractivity contribution in [2.45, 2.75) is 32.6 Å². The lowest BCUT2D eigenvalue weighted by molar-refractivity contribution is -0.122. The van der Waals surface area contributed by atoms with Gasteiger partial charge in [0, 0.05) is 24.3 Å². The molecule has 0 aromatic heterocycles. The molecule has 1 heterocycles. The first-order valence-corrected chi connectivity index (χ1v) is 9.37. The molecule has 0 bridgehead atoms. The number of carbonyl (C=O) groups excluding carboxylic acids is 2. The van der Waals surface area contributed by atoms with E-state index in [1.54, 1.807) is 12.0 Å². The van der Waals surface area contributed by atoms with Gasteiger partial charge in [-0.1, -0.05) is 32.0 Å². The van der Waals surface area contributed by atoms with E-state index in [9.17, 15) is 9.59 Å². The Balaban J connectivity index is 1.71. The van der Waals surface area contributed by atoms with Crippen molar-refractivity contribution in [2.24, 2.45) is 5.92 Å². The molecule has 2 atom stereocenters. The topological polar surface area (TPSA) is 58.6 Å². The first-order chi connectivity index (χ1) is 13.0. The first kappa shape index (κ1) is 19.0. The van der Waals surface area contributed by atoms with Gasteiger partial charge in [-0.05, 0) is 48.2 Å². The van der Waals surface area contributed by atoms with Crippen LogP contribution in [0.25, 0.3) is 0 Å². The summed E-state index contributed by atoms with van der Waals surface area (Å²) in [6, 6.07) is 15.2. The molecule has 1 saturated heterocycles. The summed E-state index contributed by atoms with van der Waals surface area (Å²) >= 11 is 0. The molecule has 0 aliphatic carbocycles. The minimum atomic E-state index is -0.357. The van der Waals surface area contributed by atoms with E-state index >= 15 is 0 Å². The van der Waals surface area contributed by atoms with Gasteiger partial charge in [-0.2, -0.15) is 0 Å². The minimum Gasteiger partial charge on any atom is -0.497 e. The molecule has 2 amide bonds. The van der Waals surface area contributed by atoms with E-state index in [1.807, 2.05) is 48.5 Å². The second kappa shape index (κ2) is 8.25. The number of methoxy groups -OCH3 is 1. The zero-order valence-corrected chi connectivity index (χ0v) is 16.1. The van der Waals surface area contributed by atoms with Crippen LogP contribution in [0.1, 0.15) is 38.2 Å². The number of carbonyl (C=O) groups is 2. The number of benzene rings is 2. The third-order valence-corrected chi connectivity index (χ3v) is 5.24. The van der Waals surface area contributed by atoms with Crippen LogP contribution in [-0.2, 0) is 9.59 Å². The quantitative estimate of drug-likeness (QED) is 0.833. The van der Waals surface area contributed by atoms with Crippen molar-refractivity contribution in [2.75, 3.05) is 23.9 Å². The summed E-state index contributed by atoms with van der Waals surface area (Å²) < 4.78 is 5.16. The maximum Gasteiger partial charge on any atom is 0.229 e. The average molecular weight is 366 g/mol. The molecule has 1 aliphatic heterocycles. The van der Waals surface area contributed by atoms with Crippen LogP contribution in [0, 0.1) is 5.92 Å². The standard InChI is InChI=1S/C22H26N2O3/c1-4-15(2)19-7-5-6-8-20(19)23-22(26)16-13-21(25)24(14-16)17-9-11-18(27-3)12-10-17/h5-12,15-16H,4,13-14H2,1-3H3,(H,23,26)/t15-,16+/m1/s1. The molecule has 1 aliphatic rings. The molecule has 2 aromatic carbocycles. The fraction of sp³-hybridized carbons (Fsp3) is 0.364. The van der Waals surface area contributed by atoms with E-state index in [1.165, 1.54) is 0 Å². The highest BCUT2D eigenvalue weighted by Gasteiger charge is 2.35. The predicted octanol–water partition coefficient (Wildman–Crippen LogP) is 4.20. The second-order valence-electron chi connectivity index (χ2n) is 6.99. The number of nitrogens with one attached hydrogen (secondary N) is 1. The van der Waals surface area contributed by atoms with Crippen LogP contribution >= 0.6 is 0 Å². The highest BCUT2D eigenvalue weighted by molar-refractivity contribution is 6.03. The van der Waals surface area contributed by atoms with Crippen LogP contribution in [0.15, 0.2) is 48.5 Å². The normalized spacial score (nSPS) is 17.7. The molecule has 0 radical (unpaired) electrons. The Kier molecular flexibility index (Phi) is 5.79. The zero-order chi connectivity index (χ0) is 19.4. The Morgan fingerprint density at radius 3 is 2.59 bits per heavy atom. The van der Waals surface area contributed by atoms with Crippen LogP contribution in [0.3, 0.4) is 0 Å². The van der Waals surface area contributed by atoms with Crippen molar-refractivity contribution in [1.29, 1.82) is 0 Å². The Hall–Kier alpha value is -2.82. The molecule has 1 fully saturated rings. The first-order valence-electron chi connectivity index (χ1n) is 9.37. The van der Waals surface area contributed by atoms with Gasteiger partial charge in [-0.25, -0.2) is 0 Å². The van der Waals surface area contributed by atoms with E-state index in [0.717, 1.165) is 29.1 Å². The molecular formula is C22H26N2O3. The van der Waals surface area contributed by atoms with Gasteiger partial charge in [-0.3, -0.25) is 9.59 Å². The maximum atomic E-state index is 12.8. The van der Waals surface area contributed by atoms with Crippen LogP contribution in [0.4, 0.5) is 11.4 Å². The molecule has 2 aromatic rings. The van der Waals surface area contributed by atoms with Crippen LogP contribution in [0.5, 0.6) is 5.75 Å². The third-order valence-electron chi connectivity index (χ3n) is 5.24. The van der Waals surface area contributed by atoms with Gasteiger partial charge in [0.25, 0.3) is 0 Å². The molecular weight excluding hydrogens is 340 g/mol. The SMILES string of the molecule is CC[C@@H](C)c1ccccc1NC(=O)[C@H]1CC(=O)N(c2ccc(OC)cc2)C1. The summed E-state index contributed by atoms with van der Waals surface area (Å²) in [5.41, 5.74) is 2.76. The van der Waals surface area contributed by atoms with Crippen molar-refractivity contribution < 1.29 is 14.3 Å². The summed E-state index contributed by atoms with van der Waals surface area (Å²) in [5.74, 6) is 0.610. The number of hydrogen-bond donors (Lipinski definition) is 1. The van der Waals surface area contributed by atoms with Crippen molar-refractivity contribution in [3.8, 4) is 5.75 Å². The van der Waals surface area contributed by atoms with Gasteiger partial charge in [0.1, 0.15) is 5.75 Å². The van der Waals surface area contributed by atoms with Crippen LogP contribution in [0.2, 0.25) is 0 Å². The summed E-state index contributed by atoms with van der Waals surface area (Å²) in [7, 11) is 1.60. The Labute approximate surface area is 160 Å². The monoisotopic (exact) mass is 366 g/mol. The number of ether oxygens (including phenoxy) is 1. The van der Waals surface area contributed by atoms with Gasteiger partial charge in [0.05, 0.1) is 13.0 Å². The zero-order valence-electron chi connectivity index (χ0n) is 16.1. The third kappa shape index (κ3) is 4.13. The molecule has 27 heavy (non-hydrogen) atoms. The molecule has 0 spiro atoms. The number of para-hydroxylation sites is 1. The summed E-state index contributed by atoms with van der Waals surface area (Å²) in [5, 5.41) is 3.04. The summed E-state index contributed by atoms with van der Waals surface area (Å²) in [6.45, 7) is 4.67. The Bertz CT molecular complexity index is 817. The lowest BCUT2D eigenvalue weighted by Gasteiger charge is -2.18. The Morgan fingerprint density at radius 2 is 1.93 bits per heavy atom. The van der Waals surface area contributed by atoms with Gasteiger partial charge >= 0.3 is 0 Å². The smallest absolute Gasteiger partial charge is 0.229 e. The van der Waals surface area contributed by atoms with Crippen molar-refractivity contribution in [3.05, 3.63) is 54.1 Å².